The molecule has 0 aromatic heterocycles. The molecule has 1 unspecified atom stereocenters. The van der Waals surface area contributed by atoms with E-state index in [1.807, 2.05) is 24.8 Å². The van der Waals surface area contributed by atoms with Gasteiger partial charge in [-0.15, -0.1) is 0 Å². The third-order valence-corrected chi connectivity index (χ3v) is 4.01. The zero-order valence-corrected chi connectivity index (χ0v) is 13.9. The van der Waals surface area contributed by atoms with E-state index in [0.717, 1.165) is 18.0 Å². The fourth-order valence-corrected chi connectivity index (χ4v) is 2.71. The Hall–Kier alpha value is -0.870. The highest BCUT2D eigenvalue weighted by atomic mass is 32.2. The zero-order chi connectivity index (χ0) is 14.8. The van der Waals surface area contributed by atoms with Crippen molar-refractivity contribution in [2.45, 2.75) is 39.8 Å². The highest BCUT2D eigenvalue weighted by Gasteiger charge is 2.06. The smallest absolute Gasteiger partial charge is 0.161 e. The van der Waals surface area contributed by atoms with Gasteiger partial charge in [-0.1, -0.05) is 13.0 Å². The van der Waals surface area contributed by atoms with E-state index >= 15 is 0 Å². The molecular formula is C16H27NO2S. The van der Waals surface area contributed by atoms with E-state index in [1.165, 1.54) is 23.5 Å². The molecule has 1 aromatic rings. The van der Waals surface area contributed by atoms with Crippen molar-refractivity contribution in [2.24, 2.45) is 0 Å². The number of methoxy groups -OCH3 is 1. The van der Waals surface area contributed by atoms with Crippen LogP contribution in [0.25, 0.3) is 0 Å². The molecule has 114 valence electrons. The summed E-state index contributed by atoms with van der Waals surface area (Å²) in [6.45, 7) is 7.94. The van der Waals surface area contributed by atoms with Gasteiger partial charge in [0.25, 0.3) is 0 Å². The van der Waals surface area contributed by atoms with Gasteiger partial charge in [-0.25, -0.2) is 0 Å². The van der Waals surface area contributed by atoms with Crippen LogP contribution in [0.3, 0.4) is 0 Å². The maximum Gasteiger partial charge on any atom is 0.161 e. The molecule has 1 rings (SSSR count). The van der Waals surface area contributed by atoms with Crippen LogP contribution in [0.15, 0.2) is 18.2 Å². The van der Waals surface area contributed by atoms with Gasteiger partial charge in [-0.05, 0) is 49.5 Å². The van der Waals surface area contributed by atoms with Gasteiger partial charge in [0, 0.05) is 12.6 Å². The van der Waals surface area contributed by atoms with Crippen molar-refractivity contribution in [1.82, 2.24) is 5.32 Å². The summed E-state index contributed by atoms with van der Waals surface area (Å²) in [6, 6.07) is 6.65. The fraction of sp³-hybridized carbons (Fsp3) is 0.625. The number of benzene rings is 1. The molecule has 0 radical (unpaired) electrons. The van der Waals surface area contributed by atoms with Gasteiger partial charge >= 0.3 is 0 Å². The van der Waals surface area contributed by atoms with E-state index in [-0.39, 0.29) is 0 Å². The van der Waals surface area contributed by atoms with Crippen LogP contribution >= 0.6 is 11.8 Å². The Morgan fingerprint density at radius 3 is 2.70 bits per heavy atom. The van der Waals surface area contributed by atoms with Crippen LogP contribution in [0, 0.1) is 0 Å². The van der Waals surface area contributed by atoms with Crippen LogP contribution in [0.4, 0.5) is 0 Å². The van der Waals surface area contributed by atoms with Crippen LogP contribution < -0.4 is 14.8 Å². The minimum Gasteiger partial charge on any atom is -0.493 e. The fourth-order valence-electron chi connectivity index (χ4n) is 1.90. The van der Waals surface area contributed by atoms with Crippen molar-refractivity contribution in [1.29, 1.82) is 0 Å². The molecule has 0 spiro atoms. The van der Waals surface area contributed by atoms with E-state index in [2.05, 4.69) is 31.3 Å². The normalized spacial score (nSPS) is 12.2. The third-order valence-electron chi connectivity index (χ3n) is 3.08. The maximum absolute atomic E-state index is 5.60. The van der Waals surface area contributed by atoms with Crippen LogP contribution in [-0.2, 0) is 6.54 Å². The first-order valence-corrected chi connectivity index (χ1v) is 8.47. The predicted molar refractivity (Wildman–Crippen MR) is 88.1 cm³/mol. The van der Waals surface area contributed by atoms with E-state index in [4.69, 9.17) is 9.47 Å². The van der Waals surface area contributed by atoms with Crippen LogP contribution in [-0.4, -0.2) is 31.3 Å². The molecule has 1 atom stereocenters. The SMILES string of the molecule is CCOc1cc(CNC(C)CCSCC)ccc1OC. The summed E-state index contributed by atoms with van der Waals surface area (Å²) in [5, 5.41) is 3.55. The molecule has 0 aliphatic heterocycles. The van der Waals surface area contributed by atoms with Crippen LogP contribution in [0.5, 0.6) is 11.5 Å². The molecule has 0 heterocycles. The third kappa shape index (κ3) is 6.06. The highest BCUT2D eigenvalue weighted by molar-refractivity contribution is 7.99. The van der Waals surface area contributed by atoms with Crippen molar-refractivity contribution in [2.75, 3.05) is 25.2 Å². The average molecular weight is 297 g/mol. The summed E-state index contributed by atoms with van der Waals surface area (Å²) in [7, 11) is 1.67. The largest absolute Gasteiger partial charge is 0.493 e. The van der Waals surface area contributed by atoms with Crippen molar-refractivity contribution >= 4 is 11.8 Å². The second-order valence-corrected chi connectivity index (χ2v) is 6.08. The number of rotatable bonds is 10. The van der Waals surface area contributed by atoms with Gasteiger partial charge in [0.1, 0.15) is 0 Å². The van der Waals surface area contributed by atoms with Gasteiger partial charge < -0.3 is 14.8 Å². The van der Waals surface area contributed by atoms with Crippen molar-refractivity contribution in [3.8, 4) is 11.5 Å². The lowest BCUT2D eigenvalue weighted by Gasteiger charge is -2.15. The molecule has 4 heteroatoms. The number of hydrogen-bond acceptors (Lipinski definition) is 4. The Balaban J connectivity index is 2.49. The zero-order valence-electron chi connectivity index (χ0n) is 13.1. The molecule has 0 fully saturated rings. The molecule has 1 aromatic carbocycles. The first-order valence-electron chi connectivity index (χ1n) is 7.32. The quantitative estimate of drug-likeness (QED) is 0.667. The highest BCUT2D eigenvalue weighted by Crippen LogP contribution is 2.28. The first kappa shape index (κ1) is 17.2. The molecule has 0 saturated carbocycles. The molecule has 20 heavy (non-hydrogen) atoms. The topological polar surface area (TPSA) is 30.5 Å². The molecule has 0 aliphatic rings. The van der Waals surface area contributed by atoms with E-state index < -0.39 is 0 Å². The van der Waals surface area contributed by atoms with Crippen LogP contribution in [0.1, 0.15) is 32.8 Å². The second-order valence-electron chi connectivity index (χ2n) is 4.69. The average Bonchev–Trinajstić information content (AvgIpc) is 2.46. The van der Waals surface area contributed by atoms with Gasteiger partial charge in [-0.2, -0.15) is 11.8 Å². The molecule has 3 nitrogen and oxygen atoms in total. The number of nitrogens with one attached hydrogen (secondary N) is 1. The Morgan fingerprint density at radius 1 is 1.25 bits per heavy atom. The predicted octanol–water partition coefficient (Wildman–Crippen LogP) is 3.72. The molecule has 0 saturated heterocycles. The van der Waals surface area contributed by atoms with Crippen molar-refractivity contribution in [3.63, 3.8) is 0 Å². The number of thioether (sulfide) groups is 1. The van der Waals surface area contributed by atoms with Crippen LogP contribution in [0.2, 0.25) is 0 Å². The maximum atomic E-state index is 5.60. The summed E-state index contributed by atoms with van der Waals surface area (Å²) in [5.74, 6) is 4.03. The van der Waals surface area contributed by atoms with Crippen molar-refractivity contribution in [3.05, 3.63) is 23.8 Å². The minimum absolute atomic E-state index is 0.534. The summed E-state index contributed by atoms with van der Waals surface area (Å²) >= 11 is 2.00. The number of ether oxygens (including phenoxy) is 2. The second kappa shape index (κ2) is 9.94. The molecule has 0 amide bonds. The summed E-state index contributed by atoms with van der Waals surface area (Å²) in [6.07, 6.45) is 1.20. The summed E-state index contributed by atoms with van der Waals surface area (Å²) in [5.41, 5.74) is 1.23. The van der Waals surface area contributed by atoms with Crippen molar-refractivity contribution < 1.29 is 9.47 Å². The Bertz CT molecular complexity index is 385. The van der Waals surface area contributed by atoms with E-state index in [0.29, 0.717) is 12.6 Å². The molecule has 1 N–H and O–H groups in total. The van der Waals surface area contributed by atoms with E-state index in [1.54, 1.807) is 7.11 Å². The Labute approximate surface area is 127 Å². The lowest BCUT2D eigenvalue weighted by molar-refractivity contribution is 0.310. The molecule has 0 aliphatic carbocycles. The van der Waals surface area contributed by atoms with Gasteiger partial charge in [0.05, 0.1) is 13.7 Å². The minimum atomic E-state index is 0.534. The standard InChI is InChI=1S/C16H27NO2S/c1-5-19-16-11-14(7-8-15(16)18-4)12-17-13(3)9-10-20-6-2/h7-8,11,13,17H,5-6,9-10,12H2,1-4H3. The monoisotopic (exact) mass is 297 g/mol. The van der Waals surface area contributed by atoms with Gasteiger partial charge in [-0.3, -0.25) is 0 Å². The lowest BCUT2D eigenvalue weighted by atomic mass is 10.1. The van der Waals surface area contributed by atoms with Gasteiger partial charge in [0.15, 0.2) is 11.5 Å². The first-order chi connectivity index (χ1) is 9.71. The lowest BCUT2D eigenvalue weighted by Crippen LogP contribution is -2.26. The molecule has 0 bridgehead atoms. The Morgan fingerprint density at radius 2 is 2.05 bits per heavy atom. The Kier molecular flexibility index (Phi) is 8.54. The number of hydrogen-bond donors (Lipinski definition) is 1. The molecular weight excluding hydrogens is 270 g/mol. The summed E-state index contributed by atoms with van der Waals surface area (Å²) < 4.78 is 10.9. The van der Waals surface area contributed by atoms with Gasteiger partial charge in [0.2, 0.25) is 0 Å². The van der Waals surface area contributed by atoms with E-state index in [9.17, 15) is 0 Å². The summed E-state index contributed by atoms with van der Waals surface area (Å²) in [4.78, 5) is 0.